The van der Waals surface area contributed by atoms with Gasteiger partial charge in [-0.05, 0) is 56.6 Å². The van der Waals surface area contributed by atoms with Crippen molar-refractivity contribution in [2.24, 2.45) is 0 Å². The second kappa shape index (κ2) is 7.07. The summed E-state index contributed by atoms with van der Waals surface area (Å²) in [6, 6.07) is 9.00. The molecule has 1 aliphatic rings. The van der Waals surface area contributed by atoms with Crippen molar-refractivity contribution in [3.8, 4) is 0 Å². The number of piperidine rings is 1. The van der Waals surface area contributed by atoms with E-state index in [0.717, 1.165) is 37.6 Å². The lowest BCUT2D eigenvalue weighted by atomic mass is 10.0. The standard InChI is InChI=1S/C18H25N3O/c1-15-12-16(5-8-19-15)13-20(2)17-6-9-21(10-7-17)14-18-4-3-11-22-18/h3-5,8,11-12,17H,6-7,9-10,13-14H2,1-2H3. The van der Waals surface area contributed by atoms with E-state index in [4.69, 9.17) is 4.42 Å². The highest BCUT2D eigenvalue weighted by atomic mass is 16.3. The molecule has 118 valence electrons. The number of pyridine rings is 1. The SMILES string of the molecule is Cc1cc(CN(C)C2CCN(Cc3ccco3)CC2)ccn1. The molecule has 4 nitrogen and oxygen atoms in total. The summed E-state index contributed by atoms with van der Waals surface area (Å²) < 4.78 is 5.44. The summed E-state index contributed by atoms with van der Waals surface area (Å²) in [5.41, 5.74) is 2.45. The Labute approximate surface area is 132 Å². The molecule has 4 heteroatoms. The zero-order valence-corrected chi connectivity index (χ0v) is 13.5. The van der Waals surface area contributed by atoms with Gasteiger partial charge >= 0.3 is 0 Å². The van der Waals surface area contributed by atoms with Crippen molar-refractivity contribution in [1.82, 2.24) is 14.8 Å². The van der Waals surface area contributed by atoms with E-state index >= 15 is 0 Å². The Morgan fingerprint density at radius 1 is 1.32 bits per heavy atom. The van der Waals surface area contributed by atoms with Crippen molar-refractivity contribution in [3.63, 3.8) is 0 Å². The summed E-state index contributed by atoms with van der Waals surface area (Å²) in [6.45, 7) is 6.28. The van der Waals surface area contributed by atoms with Crippen molar-refractivity contribution in [2.75, 3.05) is 20.1 Å². The topological polar surface area (TPSA) is 32.5 Å². The molecular weight excluding hydrogens is 274 g/mol. The Bertz CT molecular complexity index is 574. The van der Waals surface area contributed by atoms with Gasteiger partial charge in [-0.15, -0.1) is 0 Å². The summed E-state index contributed by atoms with van der Waals surface area (Å²) in [4.78, 5) is 9.24. The van der Waals surface area contributed by atoms with E-state index in [0.29, 0.717) is 6.04 Å². The fourth-order valence-corrected chi connectivity index (χ4v) is 3.26. The van der Waals surface area contributed by atoms with Crippen LogP contribution in [0.1, 0.15) is 29.9 Å². The van der Waals surface area contributed by atoms with Gasteiger partial charge in [0.05, 0.1) is 12.8 Å². The molecule has 0 atom stereocenters. The molecule has 3 heterocycles. The molecule has 1 fully saturated rings. The first-order chi connectivity index (χ1) is 10.7. The molecule has 0 aliphatic carbocycles. The Morgan fingerprint density at radius 2 is 2.14 bits per heavy atom. The number of rotatable bonds is 5. The van der Waals surface area contributed by atoms with E-state index in [1.165, 1.54) is 18.4 Å². The lowest BCUT2D eigenvalue weighted by Gasteiger charge is -2.36. The summed E-state index contributed by atoms with van der Waals surface area (Å²) in [6.07, 6.45) is 6.11. The van der Waals surface area contributed by atoms with Crippen LogP contribution in [0.5, 0.6) is 0 Å². The number of furan rings is 1. The van der Waals surface area contributed by atoms with Crippen LogP contribution < -0.4 is 0 Å². The maximum atomic E-state index is 5.44. The van der Waals surface area contributed by atoms with Gasteiger partial charge in [-0.25, -0.2) is 0 Å². The third-order valence-electron chi connectivity index (χ3n) is 4.53. The Kier molecular flexibility index (Phi) is 4.90. The maximum Gasteiger partial charge on any atom is 0.117 e. The minimum absolute atomic E-state index is 0.668. The largest absolute Gasteiger partial charge is 0.468 e. The van der Waals surface area contributed by atoms with Gasteiger partial charge in [0, 0.05) is 37.6 Å². The number of aryl methyl sites for hydroxylation is 1. The van der Waals surface area contributed by atoms with Gasteiger partial charge < -0.3 is 4.42 Å². The lowest BCUT2D eigenvalue weighted by Crippen LogP contribution is -2.42. The van der Waals surface area contributed by atoms with Gasteiger partial charge in [-0.1, -0.05) is 0 Å². The molecule has 2 aromatic rings. The van der Waals surface area contributed by atoms with Crippen LogP contribution in [-0.2, 0) is 13.1 Å². The highest BCUT2D eigenvalue weighted by Gasteiger charge is 2.22. The molecule has 1 saturated heterocycles. The third kappa shape index (κ3) is 3.96. The quantitative estimate of drug-likeness (QED) is 0.849. The summed E-state index contributed by atoms with van der Waals surface area (Å²) in [5.74, 6) is 1.07. The fourth-order valence-electron chi connectivity index (χ4n) is 3.26. The normalized spacial score (nSPS) is 17.2. The number of hydrogen-bond donors (Lipinski definition) is 0. The lowest BCUT2D eigenvalue weighted by molar-refractivity contribution is 0.114. The molecular formula is C18H25N3O. The monoisotopic (exact) mass is 299 g/mol. The Hall–Kier alpha value is -1.65. The van der Waals surface area contributed by atoms with Crippen molar-refractivity contribution < 1.29 is 4.42 Å². The van der Waals surface area contributed by atoms with E-state index in [9.17, 15) is 0 Å². The van der Waals surface area contributed by atoms with Crippen LogP contribution in [0.4, 0.5) is 0 Å². The van der Waals surface area contributed by atoms with E-state index < -0.39 is 0 Å². The highest BCUT2D eigenvalue weighted by Crippen LogP contribution is 2.19. The van der Waals surface area contributed by atoms with Gasteiger partial charge in [-0.2, -0.15) is 0 Å². The predicted molar refractivity (Wildman–Crippen MR) is 87.4 cm³/mol. The van der Waals surface area contributed by atoms with Crippen LogP contribution in [0, 0.1) is 6.92 Å². The Morgan fingerprint density at radius 3 is 2.82 bits per heavy atom. The molecule has 0 bridgehead atoms. The molecule has 3 rings (SSSR count). The van der Waals surface area contributed by atoms with E-state index in [1.54, 1.807) is 6.26 Å². The van der Waals surface area contributed by atoms with Crippen molar-refractivity contribution in [2.45, 2.75) is 38.9 Å². The molecule has 22 heavy (non-hydrogen) atoms. The van der Waals surface area contributed by atoms with Crippen LogP contribution in [0.2, 0.25) is 0 Å². The first-order valence-electron chi connectivity index (χ1n) is 8.07. The third-order valence-corrected chi connectivity index (χ3v) is 4.53. The van der Waals surface area contributed by atoms with Gasteiger partial charge in [0.2, 0.25) is 0 Å². The molecule has 0 N–H and O–H groups in total. The van der Waals surface area contributed by atoms with Gasteiger partial charge in [0.1, 0.15) is 5.76 Å². The van der Waals surface area contributed by atoms with Crippen molar-refractivity contribution in [3.05, 3.63) is 53.7 Å². The average Bonchev–Trinajstić information content (AvgIpc) is 3.01. The van der Waals surface area contributed by atoms with Crippen molar-refractivity contribution in [1.29, 1.82) is 0 Å². The van der Waals surface area contributed by atoms with Crippen LogP contribution in [0.25, 0.3) is 0 Å². The molecule has 2 aromatic heterocycles. The molecule has 0 aromatic carbocycles. The first-order valence-corrected chi connectivity index (χ1v) is 8.07. The van der Waals surface area contributed by atoms with E-state index in [-0.39, 0.29) is 0 Å². The molecule has 0 radical (unpaired) electrons. The van der Waals surface area contributed by atoms with Crippen LogP contribution >= 0.6 is 0 Å². The van der Waals surface area contributed by atoms with E-state index in [2.05, 4.69) is 47.0 Å². The maximum absolute atomic E-state index is 5.44. The first kappa shape index (κ1) is 15.3. The summed E-state index contributed by atoms with van der Waals surface area (Å²) in [7, 11) is 2.24. The van der Waals surface area contributed by atoms with Gasteiger partial charge in [0.15, 0.2) is 0 Å². The van der Waals surface area contributed by atoms with Gasteiger partial charge in [0.25, 0.3) is 0 Å². The summed E-state index contributed by atoms with van der Waals surface area (Å²) in [5, 5.41) is 0. The number of hydrogen-bond acceptors (Lipinski definition) is 4. The smallest absolute Gasteiger partial charge is 0.117 e. The zero-order valence-electron chi connectivity index (χ0n) is 13.5. The van der Waals surface area contributed by atoms with Crippen LogP contribution in [0.3, 0.4) is 0 Å². The van der Waals surface area contributed by atoms with E-state index in [1.807, 2.05) is 12.3 Å². The average molecular weight is 299 g/mol. The van der Waals surface area contributed by atoms with Gasteiger partial charge in [-0.3, -0.25) is 14.8 Å². The molecule has 0 spiro atoms. The van der Waals surface area contributed by atoms with Crippen LogP contribution in [-0.4, -0.2) is 41.0 Å². The minimum atomic E-state index is 0.668. The fraction of sp³-hybridized carbons (Fsp3) is 0.500. The predicted octanol–water partition coefficient (Wildman–Crippen LogP) is 3.08. The second-order valence-corrected chi connectivity index (χ2v) is 6.31. The number of aromatic nitrogens is 1. The minimum Gasteiger partial charge on any atom is -0.468 e. The molecule has 0 saturated carbocycles. The van der Waals surface area contributed by atoms with Crippen molar-refractivity contribution >= 4 is 0 Å². The number of nitrogens with zero attached hydrogens (tertiary/aromatic N) is 3. The molecule has 0 amide bonds. The highest BCUT2D eigenvalue weighted by molar-refractivity contribution is 5.15. The molecule has 1 aliphatic heterocycles. The number of likely N-dealkylation sites (tertiary alicyclic amines) is 1. The van der Waals surface area contributed by atoms with Crippen LogP contribution in [0.15, 0.2) is 41.1 Å². The zero-order chi connectivity index (χ0) is 15.4. The molecule has 0 unspecified atom stereocenters. The Balaban J connectivity index is 1.48. The second-order valence-electron chi connectivity index (χ2n) is 6.31. The summed E-state index contributed by atoms with van der Waals surface area (Å²) >= 11 is 0.